The van der Waals surface area contributed by atoms with Crippen LogP contribution in [0.3, 0.4) is 0 Å². The second-order valence-corrected chi connectivity index (χ2v) is 3.94. The van der Waals surface area contributed by atoms with Gasteiger partial charge in [-0.3, -0.25) is 4.79 Å². The molecule has 6 nitrogen and oxygen atoms in total. The van der Waals surface area contributed by atoms with Crippen LogP contribution in [0.5, 0.6) is 0 Å². The molecular weight excluding hydrogens is 236 g/mol. The summed E-state index contributed by atoms with van der Waals surface area (Å²) < 4.78 is 5.26. The minimum absolute atomic E-state index is 0.0846. The summed E-state index contributed by atoms with van der Waals surface area (Å²) in [4.78, 5) is 22.1. The van der Waals surface area contributed by atoms with Crippen LogP contribution in [0.2, 0.25) is 0 Å². The molecule has 0 fully saturated rings. The summed E-state index contributed by atoms with van der Waals surface area (Å²) in [6, 6.07) is 1.47. The van der Waals surface area contributed by atoms with E-state index < -0.39 is 5.97 Å². The summed E-state index contributed by atoms with van der Waals surface area (Å²) in [5, 5.41) is 14.5. The largest absolute Gasteiger partial charge is 0.478 e. The normalized spacial score (nSPS) is 10.3. The first kappa shape index (κ1) is 14.2. The van der Waals surface area contributed by atoms with Crippen molar-refractivity contribution in [2.45, 2.75) is 26.8 Å². The quantitative estimate of drug-likeness (QED) is 0.672. The molecule has 0 spiro atoms. The molecule has 0 unspecified atom stereocenters. The number of carbonyl (C=O) groups is 2. The fraction of sp³-hybridized carbons (Fsp3) is 0.500. The molecule has 1 amide bonds. The molecule has 0 saturated heterocycles. The first-order valence-corrected chi connectivity index (χ1v) is 5.84. The first-order valence-electron chi connectivity index (χ1n) is 5.84. The van der Waals surface area contributed by atoms with Crippen LogP contribution >= 0.6 is 0 Å². The van der Waals surface area contributed by atoms with E-state index in [1.807, 2.05) is 6.92 Å². The van der Waals surface area contributed by atoms with Crippen molar-refractivity contribution >= 4 is 11.9 Å². The van der Waals surface area contributed by atoms with Crippen LogP contribution in [0.25, 0.3) is 0 Å². The van der Waals surface area contributed by atoms with E-state index in [-0.39, 0.29) is 18.0 Å². The zero-order valence-corrected chi connectivity index (χ0v) is 10.6. The predicted octanol–water partition coefficient (Wildman–Crippen LogP) is 0.902. The fourth-order valence-corrected chi connectivity index (χ4v) is 1.47. The molecule has 3 N–H and O–H groups in total. The van der Waals surface area contributed by atoms with E-state index in [2.05, 4.69) is 10.6 Å². The Morgan fingerprint density at radius 3 is 2.72 bits per heavy atom. The van der Waals surface area contributed by atoms with Gasteiger partial charge in [-0.05, 0) is 19.4 Å². The number of nitrogens with one attached hydrogen (secondary N) is 2. The van der Waals surface area contributed by atoms with Gasteiger partial charge in [0.15, 0.2) is 0 Å². The predicted molar refractivity (Wildman–Crippen MR) is 65.4 cm³/mol. The highest BCUT2D eigenvalue weighted by Gasteiger charge is 2.13. The molecule has 0 aromatic carbocycles. The molecule has 0 atom stereocenters. The number of hydrogen-bond donors (Lipinski definition) is 3. The zero-order chi connectivity index (χ0) is 13.5. The van der Waals surface area contributed by atoms with E-state index in [0.29, 0.717) is 24.6 Å². The minimum Gasteiger partial charge on any atom is -0.478 e. The van der Waals surface area contributed by atoms with Crippen LogP contribution < -0.4 is 10.6 Å². The molecule has 0 aliphatic rings. The maximum atomic E-state index is 11.3. The van der Waals surface area contributed by atoms with E-state index in [1.165, 1.54) is 6.07 Å². The topological polar surface area (TPSA) is 91.6 Å². The van der Waals surface area contributed by atoms with Gasteiger partial charge in [0.1, 0.15) is 17.1 Å². The van der Waals surface area contributed by atoms with Gasteiger partial charge in [-0.25, -0.2) is 4.79 Å². The lowest BCUT2D eigenvalue weighted by Crippen LogP contribution is -2.33. The molecular formula is C12H18N2O4. The summed E-state index contributed by atoms with van der Waals surface area (Å²) in [6.45, 7) is 4.74. The van der Waals surface area contributed by atoms with Crippen molar-refractivity contribution in [3.8, 4) is 0 Å². The Kier molecular flexibility index (Phi) is 5.38. The van der Waals surface area contributed by atoms with Crippen LogP contribution in [-0.4, -0.2) is 30.1 Å². The van der Waals surface area contributed by atoms with Crippen molar-refractivity contribution in [3.63, 3.8) is 0 Å². The molecule has 0 radical (unpaired) electrons. The maximum absolute atomic E-state index is 11.3. The smallest absolute Gasteiger partial charge is 0.339 e. The zero-order valence-electron chi connectivity index (χ0n) is 10.6. The molecule has 18 heavy (non-hydrogen) atoms. The second-order valence-electron chi connectivity index (χ2n) is 3.94. The van der Waals surface area contributed by atoms with E-state index in [1.54, 1.807) is 6.92 Å². The van der Waals surface area contributed by atoms with Crippen molar-refractivity contribution < 1.29 is 19.1 Å². The Morgan fingerprint density at radius 1 is 1.44 bits per heavy atom. The Labute approximate surface area is 105 Å². The van der Waals surface area contributed by atoms with E-state index in [0.717, 1.165) is 6.42 Å². The Hall–Kier alpha value is -1.82. The van der Waals surface area contributed by atoms with Crippen LogP contribution in [-0.2, 0) is 11.3 Å². The van der Waals surface area contributed by atoms with Crippen molar-refractivity contribution in [1.29, 1.82) is 0 Å². The summed E-state index contributed by atoms with van der Waals surface area (Å²) in [6.07, 6.45) is 0.894. The van der Waals surface area contributed by atoms with Crippen molar-refractivity contribution in [2.24, 2.45) is 0 Å². The van der Waals surface area contributed by atoms with Gasteiger partial charge in [-0.1, -0.05) is 6.92 Å². The average Bonchev–Trinajstić information content (AvgIpc) is 2.68. The van der Waals surface area contributed by atoms with E-state index in [9.17, 15) is 9.59 Å². The molecule has 0 saturated carbocycles. The fourth-order valence-electron chi connectivity index (χ4n) is 1.47. The van der Waals surface area contributed by atoms with Gasteiger partial charge >= 0.3 is 5.97 Å². The number of carbonyl (C=O) groups excluding carboxylic acids is 1. The maximum Gasteiger partial charge on any atom is 0.339 e. The highest BCUT2D eigenvalue weighted by Crippen LogP contribution is 2.14. The summed E-state index contributed by atoms with van der Waals surface area (Å²) in [7, 11) is 0. The van der Waals surface area contributed by atoms with Crippen LogP contribution in [0.4, 0.5) is 0 Å². The standard InChI is InChI=1S/C12H18N2O4/c1-3-4-14-11(15)7-13-6-9-5-10(12(16)17)8(2)18-9/h5,13H,3-4,6-7H2,1-2H3,(H,14,15)(H,16,17). The van der Waals surface area contributed by atoms with Crippen molar-refractivity contribution in [2.75, 3.05) is 13.1 Å². The molecule has 6 heteroatoms. The average molecular weight is 254 g/mol. The van der Waals surface area contributed by atoms with E-state index >= 15 is 0 Å². The summed E-state index contributed by atoms with van der Waals surface area (Å²) in [5.74, 6) is -0.218. The molecule has 1 aromatic heterocycles. The number of aromatic carboxylic acids is 1. The number of rotatable bonds is 7. The monoisotopic (exact) mass is 254 g/mol. The van der Waals surface area contributed by atoms with Gasteiger partial charge in [0.2, 0.25) is 5.91 Å². The Balaban J connectivity index is 2.38. The van der Waals surface area contributed by atoms with Crippen molar-refractivity contribution in [3.05, 3.63) is 23.2 Å². The van der Waals surface area contributed by atoms with Crippen LogP contribution in [0.15, 0.2) is 10.5 Å². The third-order valence-corrected chi connectivity index (χ3v) is 2.36. The van der Waals surface area contributed by atoms with Gasteiger partial charge in [-0.2, -0.15) is 0 Å². The number of amides is 1. The molecule has 1 heterocycles. The third kappa shape index (κ3) is 4.21. The van der Waals surface area contributed by atoms with Gasteiger partial charge < -0.3 is 20.2 Å². The number of carboxylic acids is 1. The second kappa shape index (κ2) is 6.80. The minimum atomic E-state index is -1.01. The molecule has 0 bridgehead atoms. The number of hydrogen-bond acceptors (Lipinski definition) is 4. The third-order valence-electron chi connectivity index (χ3n) is 2.36. The summed E-state index contributed by atoms with van der Waals surface area (Å²) >= 11 is 0. The molecule has 1 aromatic rings. The van der Waals surface area contributed by atoms with Gasteiger partial charge in [0.25, 0.3) is 0 Å². The molecule has 0 aliphatic carbocycles. The Morgan fingerprint density at radius 2 is 2.17 bits per heavy atom. The first-order chi connectivity index (χ1) is 8.54. The highest BCUT2D eigenvalue weighted by atomic mass is 16.4. The lowest BCUT2D eigenvalue weighted by atomic mass is 10.2. The number of aryl methyl sites for hydroxylation is 1. The number of carboxylic acid groups (broad SMARTS) is 1. The SMILES string of the molecule is CCCNC(=O)CNCc1cc(C(=O)O)c(C)o1. The van der Waals surface area contributed by atoms with Gasteiger partial charge in [0, 0.05) is 6.54 Å². The molecule has 100 valence electrons. The van der Waals surface area contributed by atoms with Gasteiger partial charge in [-0.15, -0.1) is 0 Å². The highest BCUT2D eigenvalue weighted by molar-refractivity contribution is 5.88. The Bertz CT molecular complexity index is 426. The lowest BCUT2D eigenvalue weighted by Gasteiger charge is -2.03. The van der Waals surface area contributed by atoms with Crippen LogP contribution in [0.1, 0.15) is 35.2 Å². The summed E-state index contributed by atoms with van der Waals surface area (Å²) in [5.41, 5.74) is 0.155. The lowest BCUT2D eigenvalue weighted by molar-refractivity contribution is -0.120. The van der Waals surface area contributed by atoms with Crippen molar-refractivity contribution in [1.82, 2.24) is 10.6 Å². The van der Waals surface area contributed by atoms with E-state index in [4.69, 9.17) is 9.52 Å². The van der Waals surface area contributed by atoms with Crippen LogP contribution in [0, 0.1) is 6.92 Å². The molecule has 0 aliphatic heterocycles. The number of furan rings is 1. The van der Waals surface area contributed by atoms with Gasteiger partial charge in [0.05, 0.1) is 13.1 Å². The molecule has 1 rings (SSSR count).